The van der Waals surface area contributed by atoms with E-state index < -0.39 is 0 Å². The minimum atomic E-state index is 0.0521. The highest BCUT2D eigenvalue weighted by Gasteiger charge is 2.06. The third-order valence-electron chi connectivity index (χ3n) is 3.29. The molecule has 0 unspecified atom stereocenters. The van der Waals surface area contributed by atoms with Gasteiger partial charge in [0.1, 0.15) is 5.75 Å². The number of phenolic OH excluding ortho intramolecular Hbond substituents is 1. The Labute approximate surface area is 107 Å². The summed E-state index contributed by atoms with van der Waals surface area (Å²) in [6.07, 6.45) is 5.44. The molecule has 2 heteroatoms. The third kappa shape index (κ3) is 2.53. The first-order valence-electron chi connectivity index (χ1n) is 6.46. The molecule has 2 aromatic carbocycles. The van der Waals surface area contributed by atoms with E-state index in [1.807, 2.05) is 18.2 Å². The summed E-state index contributed by atoms with van der Waals surface area (Å²) in [4.78, 5) is 11.0. The molecule has 0 radical (unpaired) electrons. The van der Waals surface area contributed by atoms with E-state index in [1.54, 1.807) is 6.07 Å². The normalized spacial score (nSPS) is 10.7. The molecule has 94 valence electrons. The number of hydrogen-bond donors (Lipinski definition) is 1. The molecule has 0 saturated carbocycles. The first kappa shape index (κ1) is 12.6. The maximum atomic E-state index is 11.0. The van der Waals surface area contributed by atoms with Gasteiger partial charge in [0.05, 0.1) is 5.56 Å². The predicted molar refractivity (Wildman–Crippen MR) is 74.2 cm³/mol. The number of aryl methyl sites for hydroxylation is 1. The zero-order valence-electron chi connectivity index (χ0n) is 10.6. The molecular formula is C16H18O2. The van der Waals surface area contributed by atoms with Crippen LogP contribution < -0.4 is 0 Å². The summed E-state index contributed by atoms with van der Waals surface area (Å²) in [5, 5.41) is 11.5. The summed E-state index contributed by atoms with van der Waals surface area (Å²) in [5.41, 5.74) is 1.67. The van der Waals surface area contributed by atoms with Gasteiger partial charge in [-0.15, -0.1) is 0 Å². The van der Waals surface area contributed by atoms with Crippen LogP contribution in [0.25, 0.3) is 10.8 Å². The molecular weight excluding hydrogens is 224 g/mol. The van der Waals surface area contributed by atoms with Crippen molar-refractivity contribution < 1.29 is 9.90 Å². The lowest BCUT2D eigenvalue weighted by Crippen LogP contribution is -1.89. The van der Waals surface area contributed by atoms with E-state index in [2.05, 4.69) is 13.0 Å². The molecule has 0 saturated heterocycles. The molecule has 2 nitrogen and oxygen atoms in total. The second kappa shape index (κ2) is 5.67. The van der Waals surface area contributed by atoms with Crippen molar-refractivity contribution in [2.45, 2.75) is 32.6 Å². The van der Waals surface area contributed by atoms with E-state index in [0.29, 0.717) is 11.8 Å². The van der Waals surface area contributed by atoms with Crippen LogP contribution in [0.15, 0.2) is 30.3 Å². The number of benzene rings is 2. The van der Waals surface area contributed by atoms with E-state index in [9.17, 15) is 9.90 Å². The summed E-state index contributed by atoms with van der Waals surface area (Å²) in [5.74, 6) is 0.0521. The molecule has 0 amide bonds. The summed E-state index contributed by atoms with van der Waals surface area (Å²) < 4.78 is 0. The first-order valence-corrected chi connectivity index (χ1v) is 6.46. The number of carbonyl (C=O) groups excluding carboxylic acids is 1. The van der Waals surface area contributed by atoms with E-state index in [-0.39, 0.29) is 5.75 Å². The van der Waals surface area contributed by atoms with Crippen LogP contribution >= 0.6 is 0 Å². The number of hydrogen-bond acceptors (Lipinski definition) is 2. The number of aromatic hydroxyl groups is 1. The quantitative estimate of drug-likeness (QED) is 0.633. The van der Waals surface area contributed by atoms with Crippen LogP contribution in [0.1, 0.15) is 42.1 Å². The minimum Gasteiger partial charge on any atom is -0.507 e. The Morgan fingerprint density at radius 3 is 2.72 bits per heavy atom. The molecule has 0 atom stereocenters. The van der Waals surface area contributed by atoms with E-state index in [4.69, 9.17) is 0 Å². The van der Waals surface area contributed by atoms with Crippen molar-refractivity contribution in [1.29, 1.82) is 0 Å². The molecule has 1 N–H and O–H groups in total. The van der Waals surface area contributed by atoms with Gasteiger partial charge in [-0.3, -0.25) is 4.79 Å². The second-order valence-corrected chi connectivity index (χ2v) is 4.63. The Balaban J connectivity index is 2.35. The lowest BCUT2D eigenvalue weighted by Gasteiger charge is -2.06. The standard InChI is InChI=1S/C16H18O2/c1-2-3-4-5-12-6-8-14-13(10-12)7-9-16(18)15(14)11-17/h6-11,18H,2-5H2,1H3. The van der Waals surface area contributed by atoms with Crippen LogP contribution in [0, 0.1) is 0 Å². The van der Waals surface area contributed by atoms with Gasteiger partial charge in [-0.05, 0) is 35.2 Å². The maximum absolute atomic E-state index is 11.0. The Hall–Kier alpha value is -1.83. The van der Waals surface area contributed by atoms with Crippen LogP contribution in [0.3, 0.4) is 0 Å². The van der Waals surface area contributed by atoms with E-state index in [1.165, 1.54) is 24.8 Å². The first-order chi connectivity index (χ1) is 8.76. The monoisotopic (exact) mass is 242 g/mol. The average molecular weight is 242 g/mol. The fraction of sp³-hybridized carbons (Fsp3) is 0.312. The summed E-state index contributed by atoms with van der Waals surface area (Å²) >= 11 is 0. The van der Waals surface area contributed by atoms with Gasteiger partial charge in [0.25, 0.3) is 0 Å². The molecule has 0 bridgehead atoms. The topological polar surface area (TPSA) is 37.3 Å². The number of fused-ring (bicyclic) bond motifs is 1. The van der Waals surface area contributed by atoms with Crippen LogP contribution in [-0.2, 0) is 6.42 Å². The van der Waals surface area contributed by atoms with Gasteiger partial charge < -0.3 is 5.11 Å². The fourth-order valence-electron chi connectivity index (χ4n) is 2.25. The number of phenols is 1. The highest BCUT2D eigenvalue weighted by molar-refractivity contribution is 6.00. The molecule has 0 aliphatic rings. The number of aldehydes is 1. The minimum absolute atomic E-state index is 0.0521. The Morgan fingerprint density at radius 2 is 2.00 bits per heavy atom. The van der Waals surface area contributed by atoms with Gasteiger partial charge in [0, 0.05) is 0 Å². The Kier molecular flexibility index (Phi) is 3.98. The van der Waals surface area contributed by atoms with Crippen molar-refractivity contribution in [3.63, 3.8) is 0 Å². The fourth-order valence-corrected chi connectivity index (χ4v) is 2.25. The van der Waals surface area contributed by atoms with Crippen molar-refractivity contribution in [3.05, 3.63) is 41.5 Å². The van der Waals surface area contributed by atoms with E-state index >= 15 is 0 Å². The molecule has 0 aromatic heterocycles. The van der Waals surface area contributed by atoms with Crippen LogP contribution in [0.2, 0.25) is 0 Å². The summed E-state index contributed by atoms with van der Waals surface area (Å²) in [6, 6.07) is 9.53. The maximum Gasteiger partial charge on any atom is 0.154 e. The predicted octanol–water partition coefficient (Wildman–Crippen LogP) is 4.09. The summed E-state index contributed by atoms with van der Waals surface area (Å²) in [7, 11) is 0. The number of unbranched alkanes of at least 4 members (excludes halogenated alkanes) is 2. The van der Waals surface area contributed by atoms with Gasteiger partial charge in [0.15, 0.2) is 6.29 Å². The molecule has 0 fully saturated rings. The zero-order valence-corrected chi connectivity index (χ0v) is 10.6. The van der Waals surface area contributed by atoms with Crippen molar-refractivity contribution in [2.24, 2.45) is 0 Å². The van der Waals surface area contributed by atoms with Crippen LogP contribution in [0.5, 0.6) is 5.75 Å². The third-order valence-corrected chi connectivity index (χ3v) is 3.29. The summed E-state index contributed by atoms with van der Waals surface area (Å²) in [6.45, 7) is 2.19. The molecule has 2 rings (SSSR count). The van der Waals surface area contributed by atoms with E-state index in [0.717, 1.165) is 17.2 Å². The number of rotatable bonds is 5. The Morgan fingerprint density at radius 1 is 1.17 bits per heavy atom. The SMILES string of the molecule is CCCCCc1ccc2c(C=O)c(O)ccc2c1. The van der Waals surface area contributed by atoms with Gasteiger partial charge in [-0.1, -0.05) is 44.0 Å². The smallest absolute Gasteiger partial charge is 0.154 e. The lowest BCUT2D eigenvalue weighted by atomic mass is 9.99. The molecule has 0 heterocycles. The molecule has 0 aliphatic heterocycles. The zero-order chi connectivity index (χ0) is 13.0. The molecule has 2 aromatic rings. The molecule has 0 aliphatic carbocycles. The van der Waals surface area contributed by atoms with Gasteiger partial charge >= 0.3 is 0 Å². The van der Waals surface area contributed by atoms with Gasteiger partial charge in [-0.25, -0.2) is 0 Å². The van der Waals surface area contributed by atoms with Crippen molar-refractivity contribution >= 4 is 17.1 Å². The molecule has 0 spiro atoms. The van der Waals surface area contributed by atoms with Crippen LogP contribution in [-0.4, -0.2) is 11.4 Å². The van der Waals surface area contributed by atoms with Crippen molar-refractivity contribution in [2.75, 3.05) is 0 Å². The Bertz CT molecular complexity index is 558. The second-order valence-electron chi connectivity index (χ2n) is 4.63. The average Bonchev–Trinajstić information content (AvgIpc) is 2.39. The van der Waals surface area contributed by atoms with Crippen molar-refractivity contribution in [1.82, 2.24) is 0 Å². The van der Waals surface area contributed by atoms with Gasteiger partial charge in [0.2, 0.25) is 0 Å². The van der Waals surface area contributed by atoms with Crippen molar-refractivity contribution in [3.8, 4) is 5.75 Å². The van der Waals surface area contributed by atoms with Crippen LogP contribution in [0.4, 0.5) is 0 Å². The highest BCUT2D eigenvalue weighted by atomic mass is 16.3. The number of carbonyl (C=O) groups is 1. The lowest BCUT2D eigenvalue weighted by molar-refractivity contribution is 0.112. The largest absolute Gasteiger partial charge is 0.507 e. The molecule has 18 heavy (non-hydrogen) atoms. The highest BCUT2D eigenvalue weighted by Crippen LogP contribution is 2.26. The van der Waals surface area contributed by atoms with Gasteiger partial charge in [-0.2, -0.15) is 0 Å².